The number of hydrogen-bond acceptors (Lipinski definition) is 4. The van der Waals surface area contributed by atoms with Gasteiger partial charge in [-0.05, 0) is 27.2 Å². The van der Waals surface area contributed by atoms with Crippen LogP contribution >= 0.6 is 0 Å². The molecule has 0 aliphatic carbocycles. The van der Waals surface area contributed by atoms with Crippen molar-refractivity contribution in [3.05, 3.63) is 0 Å². The molecule has 0 rings (SSSR count). The van der Waals surface area contributed by atoms with E-state index in [9.17, 15) is 18.0 Å². The van der Waals surface area contributed by atoms with Gasteiger partial charge in [0.15, 0.2) is 0 Å². The lowest BCUT2D eigenvalue weighted by Crippen LogP contribution is -2.56. The van der Waals surface area contributed by atoms with Crippen molar-refractivity contribution in [2.75, 3.05) is 18.8 Å². The number of carbonyl (C=O) groups is 2. The Morgan fingerprint density at radius 1 is 1.37 bits per heavy atom. The standard InChI is InChI=1S/C10H21N3O5S/c1-4-13(10(2,3)8(14)15)9(16)12-6-5-7-19(11,17)18/h4-7H2,1-3H3,(H,12,16)(H,14,15)(H2,11,17,18). The summed E-state index contributed by atoms with van der Waals surface area (Å²) in [6, 6.07) is -0.552. The zero-order valence-corrected chi connectivity index (χ0v) is 12.2. The van der Waals surface area contributed by atoms with Crippen LogP contribution in [0.1, 0.15) is 27.2 Å². The molecule has 0 radical (unpaired) electrons. The highest BCUT2D eigenvalue weighted by Gasteiger charge is 2.36. The van der Waals surface area contributed by atoms with E-state index < -0.39 is 27.6 Å². The molecule has 19 heavy (non-hydrogen) atoms. The summed E-state index contributed by atoms with van der Waals surface area (Å²) < 4.78 is 21.4. The molecule has 0 aliphatic heterocycles. The molecule has 0 unspecified atom stereocenters. The number of amides is 2. The Balaban J connectivity index is 4.43. The van der Waals surface area contributed by atoms with Gasteiger partial charge in [-0.1, -0.05) is 0 Å². The van der Waals surface area contributed by atoms with Crippen LogP contribution in [0.3, 0.4) is 0 Å². The second kappa shape index (κ2) is 6.71. The molecule has 0 bridgehead atoms. The number of nitrogens with zero attached hydrogens (tertiary/aromatic N) is 1. The van der Waals surface area contributed by atoms with Crippen molar-refractivity contribution in [2.45, 2.75) is 32.7 Å². The highest BCUT2D eigenvalue weighted by Crippen LogP contribution is 2.14. The average molecular weight is 295 g/mol. The lowest BCUT2D eigenvalue weighted by Gasteiger charge is -2.34. The van der Waals surface area contributed by atoms with Crippen LogP contribution in [-0.4, -0.2) is 54.8 Å². The number of sulfonamides is 1. The largest absolute Gasteiger partial charge is 0.480 e. The van der Waals surface area contributed by atoms with E-state index in [1.165, 1.54) is 13.8 Å². The molecule has 0 aromatic rings. The van der Waals surface area contributed by atoms with Gasteiger partial charge < -0.3 is 15.3 Å². The van der Waals surface area contributed by atoms with Crippen LogP contribution in [0.5, 0.6) is 0 Å². The van der Waals surface area contributed by atoms with E-state index in [1.807, 2.05) is 0 Å². The Hall–Kier alpha value is -1.35. The van der Waals surface area contributed by atoms with E-state index in [0.717, 1.165) is 4.90 Å². The van der Waals surface area contributed by atoms with Gasteiger partial charge in [0.05, 0.1) is 5.75 Å². The summed E-state index contributed by atoms with van der Waals surface area (Å²) in [7, 11) is -3.55. The molecule has 0 saturated heterocycles. The van der Waals surface area contributed by atoms with Gasteiger partial charge in [0.1, 0.15) is 5.54 Å². The van der Waals surface area contributed by atoms with E-state index >= 15 is 0 Å². The Morgan fingerprint density at radius 3 is 2.26 bits per heavy atom. The third-order valence-corrected chi connectivity index (χ3v) is 3.50. The molecule has 0 saturated carbocycles. The predicted molar refractivity (Wildman–Crippen MR) is 70.1 cm³/mol. The van der Waals surface area contributed by atoms with Crippen molar-refractivity contribution in [1.29, 1.82) is 0 Å². The van der Waals surface area contributed by atoms with Crippen molar-refractivity contribution in [1.82, 2.24) is 10.2 Å². The van der Waals surface area contributed by atoms with Crippen molar-refractivity contribution in [3.8, 4) is 0 Å². The molecular weight excluding hydrogens is 274 g/mol. The monoisotopic (exact) mass is 295 g/mol. The predicted octanol–water partition coefficient (Wildman–Crippen LogP) is -0.440. The fraction of sp³-hybridized carbons (Fsp3) is 0.800. The van der Waals surface area contributed by atoms with Crippen LogP contribution in [0, 0.1) is 0 Å². The maximum Gasteiger partial charge on any atom is 0.329 e. The van der Waals surface area contributed by atoms with Crippen molar-refractivity contribution in [3.63, 3.8) is 0 Å². The fourth-order valence-electron chi connectivity index (χ4n) is 1.47. The first-order chi connectivity index (χ1) is 8.52. The summed E-state index contributed by atoms with van der Waals surface area (Å²) in [6.45, 7) is 4.84. The van der Waals surface area contributed by atoms with Crippen LogP contribution in [0.2, 0.25) is 0 Å². The van der Waals surface area contributed by atoms with E-state index in [-0.39, 0.29) is 25.3 Å². The summed E-state index contributed by atoms with van der Waals surface area (Å²) in [5.74, 6) is -1.35. The highest BCUT2D eigenvalue weighted by atomic mass is 32.2. The molecule has 0 aromatic carbocycles. The minimum Gasteiger partial charge on any atom is -0.480 e. The number of likely N-dealkylation sites (N-methyl/N-ethyl adjacent to an activating group) is 1. The van der Waals surface area contributed by atoms with Gasteiger partial charge in [0, 0.05) is 13.1 Å². The van der Waals surface area contributed by atoms with Gasteiger partial charge >= 0.3 is 12.0 Å². The van der Waals surface area contributed by atoms with Crippen LogP contribution in [0.25, 0.3) is 0 Å². The van der Waals surface area contributed by atoms with Crippen LogP contribution in [-0.2, 0) is 14.8 Å². The summed E-state index contributed by atoms with van der Waals surface area (Å²) in [6.07, 6.45) is 0.176. The molecule has 0 aromatic heterocycles. The minimum atomic E-state index is -3.55. The molecule has 0 aliphatic rings. The minimum absolute atomic E-state index is 0.113. The third kappa shape index (κ3) is 5.88. The molecule has 4 N–H and O–H groups in total. The zero-order chi connectivity index (χ0) is 15.3. The number of carboxylic acid groups (broad SMARTS) is 1. The topological polar surface area (TPSA) is 130 Å². The van der Waals surface area contributed by atoms with Crippen molar-refractivity contribution in [2.24, 2.45) is 5.14 Å². The van der Waals surface area contributed by atoms with E-state index in [0.29, 0.717) is 0 Å². The van der Waals surface area contributed by atoms with Crippen LogP contribution in [0.4, 0.5) is 4.79 Å². The van der Waals surface area contributed by atoms with E-state index in [1.54, 1.807) is 6.92 Å². The van der Waals surface area contributed by atoms with Gasteiger partial charge in [-0.3, -0.25) is 0 Å². The second-order valence-corrected chi connectivity index (χ2v) is 6.29. The number of rotatable bonds is 7. The molecule has 112 valence electrons. The van der Waals surface area contributed by atoms with E-state index in [4.69, 9.17) is 10.2 Å². The normalized spacial score (nSPS) is 12.0. The molecule has 0 atom stereocenters. The number of primary sulfonamides is 1. The zero-order valence-electron chi connectivity index (χ0n) is 11.3. The molecule has 8 nitrogen and oxygen atoms in total. The SMILES string of the molecule is CCN(C(=O)NCCCS(N)(=O)=O)C(C)(C)C(=O)O. The third-order valence-electron chi connectivity index (χ3n) is 2.64. The number of nitrogens with one attached hydrogen (secondary N) is 1. The smallest absolute Gasteiger partial charge is 0.329 e. The number of carboxylic acids is 1. The van der Waals surface area contributed by atoms with Gasteiger partial charge in [0.25, 0.3) is 0 Å². The first kappa shape index (κ1) is 17.6. The lowest BCUT2D eigenvalue weighted by atomic mass is 10.0. The summed E-state index contributed by atoms with van der Waals surface area (Å²) >= 11 is 0. The Bertz CT molecular complexity index is 432. The fourth-order valence-corrected chi connectivity index (χ4v) is 2.02. The van der Waals surface area contributed by atoms with Gasteiger partial charge in [-0.15, -0.1) is 0 Å². The number of nitrogens with two attached hydrogens (primary N) is 1. The first-order valence-corrected chi connectivity index (χ1v) is 7.53. The summed E-state index contributed by atoms with van der Waals surface area (Å²) in [5.41, 5.74) is -1.33. The average Bonchev–Trinajstić information content (AvgIpc) is 2.23. The van der Waals surface area contributed by atoms with Gasteiger partial charge in [-0.2, -0.15) is 0 Å². The number of aliphatic carboxylic acids is 1. The molecular formula is C10H21N3O5S. The highest BCUT2D eigenvalue weighted by molar-refractivity contribution is 7.89. The summed E-state index contributed by atoms with van der Waals surface area (Å²) in [5, 5.41) is 16.3. The van der Waals surface area contributed by atoms with Crippen LogP contribution in [0.15, 0.2) is 0 Å². The van der Waals surface area contributed by atoms with E-state index in [2.05, 4.69) is 5.32 Å². The van der Waals surface area contributed by atoms with Crippen LogP contribution < -0.4 is 10.5 Å². The maximum absolute atomic E-state index is 11.8. The maximum atomic E-state index is 11.8. The van der Waals surface area contributed by atoms with Crippen molar-refractivity contribution < 1.29 is 23.1 Å². The molecule has 0 fully saturated rings. The Kier molecular flexibility index (Phi) is 6.23. The van der Waals surface area contributed by atoms with Gasteiger partial charge in [-0.25, -0.2) is 23.1 Å². The molecule has 2 amide bonds. The molecule has 0 spiro atoms. The Labute approximate surface area is 113 Å². The first-order valence-electron chi connectivity index (χ1n) is 5.81. The Morgan fingerprint density at radius 2 is 1.89 bits per heavy atom. The molecule has 9 heteroatoms. The number of urea groups is 1. The molecule has 0 heterocycles. The second-order valence-electron chi connectivity index (χ2n) is 4.56. The number of hydrogen-bond donors (Lipinski definition) is 3. The summed E-state index contributed by atoms with van der Waals surface area (Å²) in [4.78, 5) is 24.0. The quantitative estimate of drug-likeness (QED) is 0.548. The lowest BCUT2D eigenvalue weighted by molar-refractivity contribution is -0.147. The van der Waals surface area contributed by atoms with Gasteiger partial charge in [0.2, 0.25) is 10.0 Å². The number of carbonyl (C=O) groups excluding carboxylic acids is 1. The van der Waals surface area contributed by atoms with Crippen molar-refractivity contribution >= 4 is 22.0 Å².